The van der Waals surface area contributed by atoms with Crippen molar-refractivity contribution in [3.63, 3.8) is 0 Å². The normalized spacial score (nSPS) is 16.0. The Bertz CT molecular complexity index is 1080. The van der Waals surface area contributed by atoms with Crippen molar-refractivity contribution in [3.05, 3.63) is 36.0 Å². The first kappa shape index (κ1) is 22.4. The Morgan fingerprint density at radius 3 is 2.64 bits per heavy atom. The van der Waals surface area contributed by atoms with Crippen LogP contribution in [-0.4, -0.2) is 75.6 Å². The molecular weight excluding hydrogens is 434 g/mol. The van der Waals surface area contributed by atoms with Crippen molar-refractivity contribution in [1.29, 1.82) is 0 Å². The first-order valence-electron chi connectivity index (χ1n) is 10.5. The van der Waals surface area contributed by atoms with Gasteiger partial charge in [0, 0.05) is 13.1 Å². The highest BCUT2D eigenvalue weighted by Crippen LogP contribution is 2.31. The number of amides is 5. The molecule has 0 atom stereocenters. The van der Waals surface area contributed by atoms with Gasteiger partial charge in [-0.1, -0.05) is 17.3 Å². The number of methoxy groups -OCH3 is 1. The van der Waals surface area contributed by atoms with Crippen LogP contribution in [0.25, 0.3) is 0 Å². The lowest BCUT2D eigenvalue weighted by molar-refractivity contribution is -0.143. The molecule has 1 saturated carbocycles. The number of aromatic nitrogens is 2. The number of carbonyl (C=O) groups is 4. The molecule has 33 heavy (non-hydrogen) atoms. The number of urea groups is 1. The van der Waals surface area contributed by atoms with Gasteiger partial charge in [-0.2, -0.15) is 4.98 Å². The van der Waals surface area contributed by atoms with Crippen LogP contribution < -0.4 is 9.64 Å². The van der Waals surface area contributed by atoms with Gasteiger partial charge in [-0.25, -0.2) is 9.69 Å². The Kier molecular flexibility index (Phi) is 6.36. The van der Waals surface area contributed by atoms with Crippen LogP contribution in [0, 0.1) is 5.92 Å². The third kappa shape index (κ3) is 4.70. The molecule has 2 aromatic rings. The third-order valence-corrected chi connectivity index (χ3v) is 5.39. The molecule has 12 heteroatoms. The number of anilines is 1. The summed E-state index contributed by atoms with van der Waals surface area (Å²) in [7, 11) is 1.48. The summed E-state index contributed by atoms with van der Waals surface area (Å²) in [6.45, 7) is -0.378. The maximum Gasteiger partial charge on any atom is 0.334 e. The van der Waals surface area contributed by atoms with Crippen molar-refractivity contribution < 1.29 is 33.5 Å². The van der Waals surface area contributed by atoms with Crippen LogP contribution in [0.1, 0.15) is 24.6 Å². The molecule has 1 aliphatic carbocycles. The molecule has 1 N–H and O–H groups in total. The van der Waals surface area contributed by atoms with Crippen molar-refractivity contribution in [2.75, 3.05) is 31.7 Å². The molecule has 4 rings (SSSR count). The van der Waals surface area contributed by atoms with E-state index in [9.17, 15) is 24.3 Å². The summed E-state index contributed by atoms with van der Waals surface area (Å²) >= 11 is 0. The van der Waals surface area contributed by atoms with Gasteiger partial charge in [-0.15, -0.1) is 0 Å². The molecule has 0 radical (unpaired) electrons. The first-order chi connectivity index (χ1) is 15.9. The standard InChI is InChI=1S/C21H23N5O7/c1-32-15-5-3-2-4-14(15)24(8-9-27)18(28)10-16-22-17(33-23-16)12-26-20(30)19(29)25(21(26)31)11-13-6-7-13/h2-5,13,27H,6-12H2,1H3. The monoisotopic (exact) mass is 457 g/mol. The fourth-order valence-corrected chi connectivity index (χ4v) is 3.53. The van der Waals surface area contributed by atoms with Crippen molar-refractivity contribution in [2.45, 2.75) is 25.8 Å². The SMILES string of the molecule is COc1ccccc1N(CCO)C(=O)Cc1noc(CN2C(=O)C(=O)N(CC3CC3)C2=O)n1. The number of nitrogens with zero attached hydrogens (tertiary/aromatic N) is 5. The summed E-state index contributed by atoms with van der Waals surface area (Å²) in [6.07, 6.45) is 1.60. The van der Waals surface area contributed by atoms with Crippen LogP contribution in [0.4, 0.5) is 10.5 Å². The lowest BCUT2D eigenvalue weighted by atomic mass is 10.2. The fourth-order valence-electron chi connectivity index (χ4n) is 3.53. The predicted molar refractivity (Wildman–Crippen MR) is 111 cm³/mol. The molecule has 5 amide bonds. The third-order valence-electron chi connectivity index (χ3n) is 5.39. The zero-order chi connectivity index (χ0) is 23.5. The summed E-state index contributed by atoms with van der Waals surface area (Å²) in [5.74, 6) is -1.56. The molecule has 1 aliphatic heterocycles. The quantitative estimate of drug-likeness (QED) is 0.394. The fraction of sp³-hybridized carbons (Fsp3) is 0.429. The molecule has 1 aromatic carbocycles. The molecular formula is C21H23N5O7. The molecule has 0 unspecified atom stereocenters. The number of hydrogen-bond donors (Lipinski definition) is 1. The molecule has 12 nitrogen and oxygen atoms in total. The zero-order valence-electron chi connectivity index (χ0n) is 18.0. The highest BCUT2D eigenvalue weighted by Gasteiger charge is 2.46. The van der Waals surface area contributed by atoms with Crippen molar-refractivity contribution in [1.82, 2.24) is 19.9 Å². The minimum atomic E-state index is -0.943. The first-order valence-corrected chi connectivity index (χ1v) is 10.5. The maximum atomic E-state index is 12.9. The van der Waals surface area contributed by atoms with Crippen LogP contribution in [0.2, 0.25) is 0 Å². The minimum absolute atomic E-state index is 0.0274. The lowest BCUT2D eigenvalue weighted by Gasteiger charge is -2.23. The van der Waals surface area contributed by atoms with Crippen LogP contribution in [-0.2, 0) is 27.3 Å². The molecule has 2 heterocycles. The van der Waals surface area contributed by atoms with E-state index in [1.165, 1.54) is 12.0 Å². The van der Waals surface area contributed by atoms with Gasteiger partial charge in [-0.3, -0.25) is 19.3 Å². The minimum Gasteiger partial charge on any atom is -0.495 e. The topological polar surface area (TPSA) is 146 Å². The van der Waals surface area contributed by atoms with Crippen LogP contribution in [0.3, 0.4) is 0 Å². The number of carbonyl (C=O) groups excluding carboxylic acids is 4. The zero-order valence-corrected chi connectivity index (χ0v) is 18.0. The summed E-state index contributed by atoms with van der Waals surface area (Å²) in [4.78, 5) is 56.9. The summed E-state index contributed by atoms with van der Waals surface area (Å²) in [5, 5.41) is 13.2. The van der Waals surface area contributed by atoms with Gasteiger partial charge in [-0.05, 0) is 30.9 Å². The Balaban J connectivity index is 1.43. The van der Waals surface area contributed by atoms with E-state index in [0.717, 1.165) is 22.6 Å². The second kappa shape index (κ2) is 9.36. The van der Waals surface area contributed by atoms with Crippen molar-refractivity contribution >= 4 is 29.4 Å². The van der Waals surface area contributed by atoms with Gasteiger partial charge in [0.2, 0.25) is 11.8 Å². The van der Waals surface area contributed by atoms with Gasteiger partial charge in [0.1, 0.15) is 12.3 Å². The Labute approximate surface area is 188 Å². The summed E-state index contributed by atoms with van der Waals surface area (Å²) in [5.41, 5.74) is 0.477. The van der Waals surface area contributed by atoms with E-state index in [-0.39, 0.29) is 50.3 Å². The number of hydrogen-bond acceptors (Lipinski definition) is 9. The molecule has 0 bridgehead atoms. The van der Waals surface area contributed by atoms with Gasteiger partial charge in [0.25, 0.3) is 0 Å². The lowest BCUT2D eigenvalue weighted by Crippen LogP contribution is -2.35. The Morgan fingerprint density at radius 1 is 1.21 bits per heavy atom. The van der Waals surface area contributed by atoms with Crippen molar-refractivity contribution in [2.24, 2.45) is 5.92 Å². The largest absolute Gasteiger partial charge is 0.495 e. The van der Waals surface area contributed by atoms with E-state index < -0.39 is 23.8 Å². The highest BCUT2D eigenvalue weighted by molar-refractivity contribution is 6.44. The maximum absolute atomic E-state index is 12.9. The number of imide groups is 2. The van der Waals surface area contributed by atoms with E-state index in [1.807, 2.05) is 0 Å². The van der Waals surface area contributed by atoms with Gasteiger partial charge in [0.05, 0.1) is 25.8 Å². The Morgan fingerprint density at radius 2 is 1.94 bits per heavy atom. The highest BCUT2D eigenvalue weighted by atomic mass is 16.5. The van der Waals surface area contributed by atoms with E-state index in [0.29, 0.717) is 11.4 Å². The van der Waals surface area contributed by atoms with E-state index in [1.54, 1.807) is 24.3 Å². The summed E-state index contributed by atoms with van der Waals surface area (Å²) in [6, 6.07) is 6.16. The number of rotatable bonds is 10. The van der Waals surface area contributed by atoms with Crippen LogP contribution in [0.15, 0.2) is 28.8 Å². The summed E-state index contributed by atoms with van der Waals surface area (Å²) < 4.78 is 10.4. The van der Waals surface area contributed by atoms with E-state index in [2.05, 4.69) is 10.1 Å². The number of aliphatic hydroxyl groups is 1. The van der Waals surface area contributed by atoms with Crippen molar-refractivity contribution in [3.8, 4) is 5.75 Å². The molecule has 2 fully saturated rings. The molecule has 174 valence electrons. The number of aliphatic hydroxyl groups excluding tert-OH is 1. The van der Waals surface area contributed by atoms with Crippen LogP contribution in [0.5, 0.6) is 5.75 Å². The number of benzene rings is 1. The van der Waals surface area contributed by atoms with Gasteiger partial charge in [0.15, 0.2) is 5.82 Å². The van der Waals surface area contributed by atoms with Gasteiger partial charge >= 0.3 is 17.8 Å². The average molecular weight is 457 g/mol. The average Bonchev–Trinajstić information content (AvgIpc) is 3.50. The molecule has 1 saturated heterocycles. The number of ether oxygens (including phenoxy) is 1. The predicted octanol–water partition coefficient (Wildman–Crippen LogP) is 0.347. The second-order valence-electron chi connectivity index (χ2n) is 7.75. The second-order valence-corrected chi connectivity index (χ2v) is 7.75. The molecule has 1 aromatic heterocycles. The van der Waals surface area contributed by atoms with E-state index in [4.69, 9.17) is 9.26 Å². The van der Waals surface area contributed by atoms with E-state index >= 15 is 0 Å². The smallest absolute Gasteiger partial charge is 0.334 e. The molecule has 0 spiro atoms. The number of para-hydroxylation sites is 2. The Hall–Kier alpha value is -3.80. The molecule has 2 aliphatic rings. The van der Waals surface area contributed by atoms with Crippen LogP contribution >= 0.6 is 0 Å². The van der Waals surface area contributed by atoms with Gasteiger partial charge < -0.3 is 19.3 Å².